The molecular weight excluding hydrogens is 489 g/mol. The Balaban J connectivity index is 0.00000324. The normalized spacial score (nSPS) is 27.6. The summed E-state index contributed by atoms with van der Waals surface area (Å²) in [7, 11) is 0. The maximum absolute atomic E-state index is 13.2. The van der Waals surface area contributed by atoms with Crippen molar-refractivity contribution in [2.45, 2.75) is 87.1 Å². The van der Waals surface area contributed by atoms with Crippen molar-refractivity contribution in [3.05, 3.63) is 11.1 Å². The molecule has 0 radical (unpaired) electrons. The van der Waals surface area contributed by atoms with Crippen LogP contribution in [0.15, 0.2) is 10.5 Å². The molecule has 1 aliphatic carbocycles. The molecule has 2 amide bonds. The number of nitrogens with one attached hydrogen (secondary N) is 1. The minimum Gasteiger partial charge on any atom is -0.548 e. The van der Waals surface area contributed by atoms with Gasteiger partial charge in [0.05, 0.1) is 12.0 Å². The van der Waals surface area contributed by atoms with E-state index in [2.05, 4.69) is 15.5 Å². The minimum absolute atomic E-state index is 0. The Hall–Kier alpha value is -1.34. The second-order valence-electron chi connectivity index (χ2n) is 9.50. The van der Waals surface area contributed by atoms with E-state index in [-0.39, 0.29) is 46.1 Å². The largest absolute Gasteiger partial charge is 1.00 e. The Kier molecular flexibility index (Phi) is 8.28. The molecule has 0 aromatic carbocycles. The molecule has 1 aromatic rings. The first-order valence-corrected chi connectivity index (χ1v) is 12.8. The number of oxime groups is 1. The van der Waals surface area contributed by atoms with Crippen LogP contribution in [0.1, 0.15) is 65.0 Å². The molecule has 34 heavy (non-hydrogen) atoms. The Labute approximate surface area is 228 Å². The van der Waals surface area contributed by atoms with Crippen LogP contribution < -0.4 is 45.7 Å². The number of nitrogens with two attached hydrogens (primary N) is 1. The molecular formula is C21H28N5NaO5S2. The molecule has 1 saturated carbocycles. The Morgan fingerprint density at radius 3 is 2.47 bits per heavy atom. The SMILES string of the molecule is CC1(O/N=C(\C(=O)N[C@H]2C(=O)N3[C@@H]2SC(C)(C)[C@@H]3C(=O)[O-])c2csc(N)n2)CCCCCC1.[Na+]. The quantitative estimate of drug-likeness (QED) is 0.143. The van der Waals surface area contributed by atoms with Crippen LogP contribution in [-0.4, -0.2) is 61.2 Å². The molecule has 3 N–H and O–H groups in total. The van der Waals surface area contributed by atoms with Crippen LogP contribution in [-0.2, 0) is 19.2 Å². The van der Waals surface area contributed by atoms with Gasteiger partial charge >= 0.3 is 29.6 Å². The second-order valence-corrected chi connectivity index (χ2v) is 12.2. The van der Waals surface area contributed by atoms with Crippen molar-refractivity contribution in [3.8, 4) is 0 Å². The predicted molar refractivity (Wildman–Crippen MR) is 123 cm³/mol. The number of anilines is 1. The fraction of sp³-hybridized carbons (Fsp3) is 0.667. The van der Waals surface area contributed by atoms with Gasteiger partial charge in [-0.1, -0.05) is 18.0 Å². The standard InChI is InChI=1S/C21H29N5O5S2.Na/c1-20(2)14(18(29)30)26-16(28)13(17(26)33-20)24-15(27)12(11-10-32-19(22)23-11)25-31-21(3)8-6-4-5-7-9-21;/h10,13-14,17H,4-9H2,1-3H3,(H2,22,23)(H,24,27)(H,29,30);/q;+1/p-1/b25-12-;/t13-,14-,17+;/m0./s1. The molecule has 3 atom stereocenters. The number of nitrogen functional groups attached to an aromatic ring is 1. The predicted octanol–water partition coefficient (Wildman–Crippen LogP) is -2.14. The number of β-lactam (4-membered cyclic amide) rings is 1. The summed E-state index contributed by atoms with van der Waals surface area (Å²) >= 11 is 2.49. The number of thioether (sulfide) groups is 1. The van der Waals surface area contributed by atoms with E-state index < -0.39 is 45.6 Å². The van der Waals surface area contributed by atoms with Gasteiger partial charge in [0.25, 0.3) is 5.91 Å². The third-order valence-corrected chi connectivity index (χ3v) is 8.69. The average Bonchev–Trinajstić information content (AvgIpc) is 3.18. The number of carbonyl (C=O) groups excluding carboxylic acids is 3. The Morgan fingerprint density at radius 1 is 1.26 bits per heavy atom. The van der Waals surface area contributed by atoms with E-state index in [1.807, 2.05) is 6.92 Å². The van der Waals surface area contributed by atoms with Gasteiger partial charge in [-0.15, -0.1) is 23.1 Å². The zero-order chi connectivity index (χ0) is 24.0. The summed E-state index contributed by atoms with van der Waals surface area (Å²) in [5.41, 5.74) is 5.48. The van der Waals surface area contributed by atoms with Gasteiger partial charge in [0.15, 0.2) is 10.8 Å². The summed E-state index contributed by atoms with van der Waals surface area (Å²) in [4.78, 5) is 48.9. The van der Waals surface area contributed by atoms with Gasteiger partial charge in [-0.25, -0.2) is 4.98 Å². The number of carboxylic acid groups (broad SMARTS) is 1. The van der Waals surface area contributed by atoms with Crippen LogP contribution in [0.2, 0.25) is 0 Å². The maximum Gasteiger partial charge on any atom is 1.00 e. The van der Waals surface area contributed by atoms with Crippen LogP contribution in [0, 0.1) is 0 Å². The first-order chi connectivity index (χ1) is 15.5. The topological polar surface area (TPSA) is 150 Å². The molecule has 10 nitrogen and oxygen atoms in total. The number of aliphatic carboxylic acids is 1. The van der Waals surface area contributed by atoms with E-state index >= 15 is 0 Å². The van der Waals surface area contributed by atoms with Gasteiger partial charge in [-0.3, -0.25) is 9.59 Å². The Morgan fingerprint density at radius 2 is 1.91 bits per heavy atom. The third-order valence-electron chi connectivity index (χ3n) is 6.45. The van der Waals surface area contributed by atoms with Crippen molar-refractivity contribution in [3.63, 3.8) is 0 Å². The van der Waals surface area contributed by atoms with E-state index in [0.29, 0.717) is 0 Å². The van der Waals surface area contributed by atoms with Crippen molar-refractivity contribution >= 4 is 51.7 Å². The fourth-order valence-corrected chi connectivity index (χ4v) is 6.83. The summed E-state index contributed by atoms with van der Waals surface area (Å²) in [5, 5.41) is 19.9. The van der Waals surface area contributed by atoms with E-state index in [1.165, 1.54) is 28.0 Å². The van der Waals surface area contributed by atoms with E-state index in [4.69, 9.17) is 10.6 Å². The zero-order valence-electron chi connectivity index (χ0n) is 19.8. The van der Waals surface area contributed by atoms with Crippen molar-refractivity contribution in [1.82, 2.24) is 15.2 Å². The molecule has 4 rings (SSSR count). The number of fused-ring (bicyclic) bond motifs is 1. The zero-order valence-corrected chi connectivity index (χ0v) is 23.5. The molecule has 3 fully saturated rings. The first-order valence-electron chi connectivity index (χ1n) is 11.0. The Bertz CT molecular complexity index is 992. The van der Waals surface area contributed by atoms with Crippen molar-refractivity contribution < 1.29 is 53.9 Å². The van der Waals surface area contributed by atoms with Crippen molar-refractivity contribution in [2.24, 2.45) is 5.16 Å². The number of carbonyl (C=O) groups is 3. The summed E-state index contributed by atoms with van der Waals surface area (Å²) in [6, 6.07) is -1.93. The minimum atomic E-state index is -1.31. The monoisotopic (exact) mass is 517 g/mol. The number of hydrogen-bond donors (Lipinski definition) is 2. The number of carboxylic acids is 1. The van der Waals surface area contributed by atoms with Crippen molar-refractivity contribution in [2.75, 3.05) is 5.73 Å². The number of hydrogen-bond acceptors (Lipinski definition) is 10. The number of amides is 2. The second kappa shape index (κ2) is 10.3. The van der Waals surface area contributed by atoms with Gasteiger partial charge in [-0.05, 0) is 46.5 Å². The molecule has 2 saturated heterocycles. The molecule has 3 heterocycles. The van der Waals surface area contributed by atoms with Crippen LogP contribution in [0.4, 0.5) is 5.13 Å². The van der Waals surface area contributed by atoms with Crippen LogP contribution >= 0.6 is 23.1 Å². The smallest absolute Gasteiger partial charge is 0.548 e. The van der Waals surface area contributed by atoms with E-state index in [1.54, 1.807) is 19.2 Å². The first kappa shape index (κ1) is 27.3. The van der Waals surface area contributed by atoms with Crippen LogP contribution in [0.25, 0.3) is 0 Å². The summed E-state index contributed by atoms with van der Waals surface area (Å²) < 4.78 is -0.740. The van der Waals surface area contributed by atoms with Gasteiger partial charge in [-0.2, -0.15) is 0 Å². The fourth-order valence-electron chi connectivity index (χ4n) is 4.66. The molecule has 0 unspecified atom stereocenters. The number of nitrogens with zero attached hydrogens (tertiary/aromatic N) is 3. The third kappa shape index (κ3) is 5.25. The summed E-state index contributed by atoms with van der Waals surface area (Å²) in [6.07, 6.45) is 6.00. The average molecular weight is 518 g/mol. The van der Waals surface area contributed by atoms with E-state index in [0.717, 1.165) is 38.5 Å². The number of aromatic nitrogens is 1. The van der Waals surface area contributed by atoms with Crippen LogP contribution in [0.5, 0.6) is 0 Å². The summed E-state index contributed by atoms with van der Waals surface area (Å²) in [5.74, 6) is -2.39. The molecule has 2 aliphatic heterocycles. The van der Waals surface area contributed by atoms with Gasteiger partial charge in [0, 0.05) is 10.1 Å². The number of rotatable bonds is 6. The van der Waals surface area contributed by atoms with Gasteiger partial charge in [0.2, 0.25) is 5.91 Å². The molecule has 180 valence electrons. The molecule has 13 heteroatoms. The van der Waals surface area contributed by atoms with Gasteiger partial charge < -0.3 is 30.7 Å². The van der Waals surface area contributed by atoms with Crippen LogP contribution in [0.3, 0.4) is 0 Å². The summed E-state index contributed by atoms with van der Waals surface area (Å²) in [6.45, 7) is 5.47. The number of thiazole rings is 1. The molecule has 0 bridgehead atoms. The van der Waals surface area contributed by atoms with Crippen molar-refractivity contribution in [1.29, 1.82) is 0 Å². The van der Waals surface area contributed by atoms with E-state index in [9.17, 15) is 19.5 Å². The van der Waals surface area contributed by atoms with Gasteiger partial charge in [0.1, 0.15) is 22.7 Å². The molecule has 3 aliphatic rings. The maximum atomic E-state index is 13.2. The molecule has 0 spiro atoms. The molecule has 1 aromatic heterocycles.